The van der Waals surface area contributed by atoms with Crippen LogP contribution in [0.15, 0.2) is 84.9 Å². The Kier molecular flexibility index (Phi) is 9.86. The van der Waals surface area contributed by atoms with Gasteiger partial charge >= 0.3 is 0 Å². The third-order valence-electron chi connectivity index (χ3n) is 6.18. The number of ether oxygens (including phenoxy) is 6. The normalized spacial score (nSPS) is 23.9. The van der Waals surface area contributed by atoms with Crippen molar-refractivity contribution < 1.29 is 33.5 Å². The molecule has 7 heteroatoms. The summed E-state index contributed by atoms with van der Waals surface area (Å²) in [4.78, 5) is 0. The number of methoxy groups -OCH3 is 2. The van der Waals surface area contributed by atoms with Crippen LogP contribution in [0.5, 0.6) is 5.75 Å². The number of aliphatic hydroxyl groups is 1. The third kappa shape index (κ3) is 6.91. The van der Waals surface area contributed by atoms with E-state index in [1.54, 1.807) is 14.2 Å². The first-order chi connectivity index (χ1) is 17.7. The predicted octanol–water partition coefficient (Wildman–Crippen LogP) is 4.11. The molecule has 0 saturated carbocycles. The van der Waals surface area contributed by atoms with Gasteiger partial charge in [0.05, 0.1) is 33.5 Å². The summed E-state index contributed by atoms with van der Waals surface area (Å²) < 4.78 is 36.1. The SMILES string of the molecule is COc1ccc(CO[C@H]2[C@@H](OC)O[C@H](CO)[C@@H](OCc3ccccc3)[C@@H]2OCc2ccccc2)cc1. The van der Waals surface area contributed by atoms with Crippen LogP contribution in [0.1, 0.15) is 16.7 Å². The highest BCUT2D eigenvalue weighted by molar-refractivity contribution is 5.26. The van der Waals surface area contributed by atoms with Crippen molar-refractivity contribution in [2.75, 3.05) is 20.8 Å². The molecule has 7 nitrogen and oxygen atoms in total. The van der Waals surface area contributed by atoms with Crippen molar-refractivity contribution in [2.24, 2.45) is 0 Å². The summed E-state index contributed by atoms with van der Waals surface area (Å²) in [6.45, 7) is 0.779. The second kappa shape index (κ2) is 13.5. The lowest BCUT2D eigenvalue weighted by molar-refractivity contribution is -0.321. The predicted molar refractivity (Wildman–Crippen MR) is 134 cm³/mol. The molecule has 0 unspecified atom stereocenters. The molecule has 1 N–H and O–H groups in total. The quantitative estimate of drug-likeness (QED) is 0.406. The molecule has 0 aromatic heterocycles. The molecule has 192 valence electrons. The van der Waals surface area contributed by atoms with E-state index in [-0.39, 0.29) is 6.61 Å². The molecule has 0 bridgehead atoms. The summed E-state index contributed by atoms with van der Waals surface area (Å²) in [7, 11) is 3.19. The topological polar surface area (TPSA) is 75.6 Å². The molecular weight excluding hydrogens is 460 g/mol. The zero-order valence-electron chi connectivity index (χ0n) is 20.7. The van der Waals surface area contributed by atoms with Gasteiger partial charge in [-0.1, -0.05) is 72.8 Å². The average Bonchev–Trinajstić information content (AvgIpc) is 2.95. The van der Waals surface area contributed by atoms with Gasteiger partial charge in [0.2, 0.25) is 0 Å². The summed E-state index contributed by atoms with van der Waals surface area (Å²) in [6.07, 6.45) is -3.10. The van der Waals surface area contributed by atoms with Crippen molar-refractivity contribution in [1.82, 2.24) is 0 Å². The van der Waals surface area contributed by atoms with E-state index in [1.807, 2.05) is 84.9 Å². The Balaban J connectivity index is 1.55. The van der Waals surface area contributed by atoms with Gasteiger partial charge in [0.15, 0.2) is 6.29 Å². The van der Waals surface area contributed by atoms with Gasteiger partial charge in [0.1, 0.15) is 30.2 Å². The second-order valence-corrected chi connectivity index (χ2v) is 8.61. The van der Waals surface area contributed by atoms with Crippen LogP contribution in [-0.4, -0.2) is 56.6 Å². The van der Waals surface area contributed by atoms with Gasteiger partial charge in [-0.25, -0.2) is 0 Å². The van der Waals surface area contributed by atoms with E-state index in [9.17, 15) is 5.11 Å². The fourth-order valence-corrected chi connectivity index (χ4v) is 4.23. The molecular formula is C29H34O7. The molecule has 1 aliphatic rings. The van der Waals surface area contributed by atoms with Gasteiger partial charge in [-0.15, -0.1) is 0 Å². The van der Waals surface area contributed by atoms with Gasteiger partial charge < -0.3 is 33.5 Å². The molecule has 1 aliphatic heterocycles. The van der Waals surface area contributed by atoms with Crippen LogP contribution in [0.4, 0.5) is 0 Å². The zero-order chi connectivity index (χ0) is 25.2. The maximum absolute atomic E-state index is 10.1. The van der Waals surface area contributed by atoms with Crippen LogP contribution < -0.4 is 4.74 Å². The maximum Gasteiger partial charge on any atom is 0.186 e. The van der Waals surface area contributed by atoms with Gasteiger partial charge in [-0.3, -0.25) is 0 Å². The molecule has 3 aromatic carbocycles. The zero-order valence-corrected chi connectivity index (χ0v) is 20.7. The monoisotopic (exact) mass is 494 g/mol. The van der Waals surface area contributed by atoms with Crippen molar-refractivity contribution in [2.45, 2.75) is 50.5 Å². The lowest BCUT2D eigenvalue weighted by Gasteiger charge is -2.45. The summed E-state index contributed by atoms with van der Waals surface area (Å²) in [5.41, 5.74) is 3.01. The van der Waals surface area contributed by atoms with E-state index in [0.29, 0.717) is 19.8 Å². The Hall–Kier alpha value is -2.78. The highest BCUT2D eigenvalue weighted by atomic mass is 16.7. The molecule has 0 aliphatic carbocycles. The minimum atomic E-state index is -0.738. The smallest absolute Gasteiger partial charge is 0.186 e. The standard InChI is InChI=1S/C29H34O7/c1-31-24-15-13-23(14-16-24)20-35-28-27(34-19-22-11-7-4-8-12-22)26(25(17-30)36-29(28)32-2)33-18-21-9-5-3-6-10-21/h3-16,25-30H,17-20H2,1-2H3/t25-,26-,27+,28-,29+/m1/s1. The number of hydrogen-bond donors (Lipinski definition) is 1. The highest BCUT2D eigenvalue weighted by Gasteiger charge is 2.48. The van der Waals surface area contributed by atoms with Crippen molar-refractivity contribution in [3.05, 3.63) is 102 Å². The van der Waals surface area contributed by atoms with Gasteiger partial charge in [0.25, 0.3) is 0 Å². The van der Waals surface area contributed by atoms with E-state index >= 15 is 0 Å². The van der Waals surface area contributed by atoms with Gasteiger partial charge in [-0.05, 0) is 28.8 Å². The average molecular weight is 495 g/mol. The Morgan fingerprint density at radius 3 is 1.64 bits per heavy atom. The Morgan fingerprint density at radius 1 is 0.639 bits per heavy atom. The Morgan fingerprint density at radius 2 is 1.14 bits per heavy atom. The molecule has 1 fully saturated rings. The van der Waals surface area contributed by atoms with E-state index in [2.05, 4.69) is 0 Å². The van der Waals surface area contributed by atoms with Crippen molar-refractivity contribution in [1.29, 1.82) is 0 Å². The van der Waals surface area contributed by atoms with E-state index in [1.165, 1.54) is 0 Å². The second-order valence-electron chi connectivity index (χ2n) is 8.61. The molecule has 4 rings (SSSR count). The number of rotatable bonds is 12. The molecule has 0 amide bonds. The summed E-state index contributed by atoms with van der Waals surface area (Å²) >= 11 is 0. The van der Waals surface area contributed by atoms with Crippen molar-refractivity contribution in [3.63, 3.8) is 0 Å². The third-order valence-corrected chi connectivity index (χ3v) is 6.18. The van der Waals surface area contributed by atoms with Crippen molar-refractivity contribution in [3.8, 4) is 5.75 Å². The van der Waals surface area contributed by atoms with E-state index in [0.717, 1.165) is 22.4 Å². The Bertz CT molecular complexity index is 1010. The number of benzene rings is 3. The first kappa shape index (κ1) is 26.3. The summed E-state index contributed by atoms with van der Waals surface area (Å²) in [5.74, 6) is 0.777. The minimum absolute atomic E-state index is 0.240. The molecule has 0 radical (unpaired) electrons. The van der Waals surface area contributed by atoms with E-state index < -0.39 is 30.7 Å². The van der Waals surface area contributed by atoms with Crippen LogP contribution >= 0.6 is 0 Å². The minimum Gasteiger partial charge on any atom is -0.497 e. The van der Waals surface area contributed by atoms with E-state index in [4.69, 9.17) is 28.4 Å². The largest absolute Gasteiger partial charge is 0.497 e. The molecule has 3 aromatic rings. The molecule has 36 heavy (non-hydrogen) atoms. The fourth-order valence-electron chi connectivity index (χ4n) is 4.23. The van der Waals surface area contributed by atoms with Crippen LogP contribution in [0.3, 0.4) is 0 Å². The fraction of sp³-hybridized carbons (Fsp3) is 0.379. The van der Waals surface area contributed by atoms with Crippen molar-refractivity contribution >= 4 is 0 Å². The number of hydrogen-bond acceptors (Lipinski definition) is 7. The first-order valence-corrected chi connectivity index (χ1v) is 12.1. The van der Waals surface area contributed by atoms with Gasteiger partial charge in [0, 0.05) is 7.11 Å². The van der Waals surface area contributed by atoms with Crippen LogP contribution in [0.2, 0.25) is 0 Å². The molecule has 0 spiro atoms. The molecule has 1 saturated heterocycles. The van der Waals surface area contributed by atoms with Crippen LogP contribution in [-0.2, 0) is 43.5 Å². The first-order valence-electron chi connectivity index (χ1n) is 12.1. The summed E-state index contributed by atoms with van der Waals surface area (Å²) in [5, 5.41) is 10.1. The van der Waals surface area contributed by atoms with Crippen LogP contribution in [0, 0.1) is 0 Å². The molecule has 1 heterocycles. The highest BCUT2D eigenvalue weighted by Crippen LogP contribution is 2.31. The number of aliphatic hydroxyl groups excluding tert-OH is 1. The Labute approximate surface area is 212 Å². The molecule has 5 atom stereocenters. The maximum atomic E-state index is 10.1. The lowest BCUT2D eigenvalue weighted by Crippen LogP contribution is -2.61. The van der Waals surface area contributed by atoms with Gasteiger partial charge in [-0.2, -0.15) is 0 Å². The lowest BCUT2D eigenvalue weighted by atomic mass is 9.98. The summed E-state index contributed by atoms with van der Waals surface area (Å²) in [6, 6.07) is 27.5. The van der Waals surface area contributed by atoms with Crippen LogP contribution in [0.25, 0.3) is 0 Å².